The van der Waals surface area contributed by atoms with Crippen LogP contribution in [0, 0.1) is 11.7 Å². The van der Waals surface area contributed by atoms with Gasteiger partial charge in [-0.1, -0.05) is 25.1 Å². The molecular formula is C16H19FN2O. The number of nitrogens with one attached hydrogen (secondary N) is 1. The summed E-state index contributed by atoms with van der Waals surface area (Å²) in [5, 5.41) is 4.35. The van der Waals surface area contributed by atoms with Gasteiger partial charge in [0, 0.05) is 24.6 Å². The van der Waals surface area contributed by atoms with Gasteiger partial charge in [-0.05, 0) is 24.5 Å². The molecule has 20 heavy (non-hydrogen) atoms. The SMILES string of the molecule is CC1COCCC1NCc1ccc2cccc(F)c2n1. The van der Waals surface area contributed by atoms with Crippen LogP contribution in [0.15, 0.2) is 30.3 Å². The monoisotopic (exact) mass is 274 g/mol. The second-order valence-corrected chi connectivity index (χ2v) is 5.44. The summed E-state index contributed by atoms with van der Waals surface area (Å²) >= 11 is 0. The van der Waals surface area contributed by atoms with Crippen LogP contribution < -0.4 is 5.32 Å². The lowest BCUT2D eigenvalue weighted by atomic mass is 9.98. The molecule has 0 bridgehead atoms. The number of rotatable bonds is 3. The molecule has 1 aliphatic heterocycles. The summed E-state index contributed by atoms with van der Waals surface area (Å²) in [5.74, 6) is 0.240. The molecule has 3 rings (SSSR count). The van der Waals surface area contributed by atoms with E-state index in [1.165, 1.54) is 6.07 Å². The van der Waals surface area contributed by atoms with E-state index < -0.39 is 0 Å². The zero-order chi connectivity index (χ0) is 13.9. The first kappa shape index (κ1) is 13.5. The Labute approximate surface area is 118 Å². The number of nitrogens with zero attached hydrogens (tertiary/aromatic N) is 1. The minimum Gasteiger partial charge on any atom is -0.381 e. The fourth-order valence-corrected chi connectivity index (χ4v) is 2.67. The molecule has 4 heteroatoms. The first-order chi connectivity index (χ1) is 9.74. The van der Waals surface area contributed by atoms with Gasteiger partial charge in [0.2, 0.25) is 0 Å². The van der Waals surface area contributed by atoms with Crippen LogP contribution in [-0.4, -0.2) is 24.2 Å². The van der Waals surface area contributed by atoms with E-state index in [2.05, 4.69) is 17.2 Å². The van der Waals surface area contributed by atoms with Gasteiger partial charge in [0.05, 0.1) is 12.3 Å². The van der Waals surface area contributed by atoms with Crippen molar-refractivity contribution < 1.29 is 9.13 Å². The van der Waals surface area contributed by atoms with E-state index in [1.807, 2.05) is 18.2 Å². The van der Waals surface area contributed by atoms with Gasteiger partial charge in [0.25, 0.3) is 0 Å². The molecule has 1 aromatic carbocycles. The van der Waals surface area contributed by atoms with E-state index in [-0.39, 0.29) is 5.82 Å². The van der Waals surface area contributed by atoms with Crippen LogP contribution in [0.1, 0.15) is 19.0 Å². The van der Waals surface area contributed by atoms with Crippen LogP contribution in [0.2, 0.25) is 0 Å². The Bertz CT molecular complexity index is 602. The van der Waals surface area contributed by atoms with E-state index in [9.17, 15) is 4.39 Å². The maximum absolute atomic E-state index is 13.7. The Hall–Kier alpha value is -1.52. The maximum Gasteiger partial charge on any atom is 0.149 e. The number of benzene rings is 1. The number of hydrogen-bond acceptors (Lipinski definition) is 3. The fraction of sp³-hybridized carbons (Fsp3) is 0.438. The first-order valence-corrected chi connectivity index (χ1v) is 7.09. The third-order valence-corrected chi connectivity index (χ3v) is 3.91. The lowest BCUT2D eigenvalue weighted by molar-refractivity contribution is 0.0385. The van der Waals surface area contributed by atoms with E-state index in [0.29, 0.717) is 24.0 Å². The molecule has 106 valence electrons. The lowest BCUT2D eigenvalue weighted by Gasteiger charge is -2.29. The maximum atomic E-state index is 13.7. The Morgan fingerprint density at radius 1 is 1.35 bits per heavy atom. The van der Waals surface area contributed by atoms with Gasteiger partial charge in [-0.15, -0.1) is 0 Å². The van der Waals surface area contributed by atoms with Crippen LogP contribution in [-0.2, 0) is 11.3 Å². The molecule has 1 saturated heterocycles. The minimum absolute atomic E-state index is 0.260. The predicted octanol–water partition coefficient (Wildman–Crippen LogP) is 2.89. The molecule has 0 aliphatic carbocycles. The van der Waals surface area contributed by atoms with Crippen molar-refractivity contribution >= 4 is 10.9 Å². The second-order valence-electron chi connectivity index (χ2n) is 5.44. The van der Waals surface area contributed by atoms with Crippen molar-refractivity contribution in [3.05, 3.63) is 41.8 Å². The Morgan fingerprint density at radius 3 is 3.10 bits per heavy atom. The smallest absolute Gasteiger partial charge is 0.149 e. The zero-order valence-corrected chi connectivity index (χ0v) is 11.6. The molecule has 2 atom stereocenters. The van der Waals surface area contributed by atoms with E-state index in [4.69, 9.17) is 4.74 Å². The summed E-state index contributed by atoms with van der Waals surface area (Å²) in [6.07, 6.45) is 1.02. The quantitative estimate of drug-likeness (QED) is 0.934. The molecule has 0 amide bonds. The van der Waals surface area contributed by atoms with E-state index in [0.717, 1.165) is 30.7 Å². The number of pyridine rings is 1. The highest BCUT2D eigenvalue weighted by Gasteiger charge is 2.21. The number of aromatic nitrogens is 1. The molecule has 0 radical (unpaired) electrons. The Morgan fingerprint density at radius 2 is 2.25 bits per heavy atom. The van der Waals surface area contributed by atoms with Crippen molar-refractivity contribution in [2.45, 2.75) is 25.9 Å². The van der Waals surface area contributed by atoms with Gasteiger partial charge in [-0.25, -0.2) is 9.37 Å². The lowest BCUT2D eigenvalue weighted by Crippen LogP contribution is -2.41. The second kappa shape index (κ2) is 5.85. The Balaban J connectivity index is 1.72. The number of para-hydroxylation sites is 1. The molecule has 2 heterocycles. The topological polar surface area (TPSA) is 34.1 Å². The van der Waals surface area contributed by atoms with Gasteiger partial charge in [-0.2, -0.15) is 0 Å². The summed E-state index contributed by atoms with van der Waals surface area (Å²) in [4.78, 5) is 4.42. The molecule has 3 nitrogen and oxygen atoms in total. The molecule has 1 fully saturated rings. The van der Waals surface area contributed by atoms with Gasteiger partial charge in [0.15, 0.2) is 0 Å². The van der Waals surface area contributed by atoms with Crippen molar-refractivity contribution in [2.75, 3.05) is 13.2 Å². The third-order valence-electron chi connectivity index (χ3n) is 3.91. The molecule has 1 aromatic heterocycles. The van der Waals surface area contributed by atoms with Crippen molar-refractivity contribution in [1.82, 2.24) is 10.3 Å². The summed E-state index contributed by atoms with van der Waals surface area (Å²) in [6.45, 7) is 4.46. The Kier molecular flexibility index (Phi) is 3.94. The van der Waals surface area contributed by atoms with Gasteiger partial charge >= 0.3 is 0 Å². The van der Waals surface area contributed by atoms with Crippen LogP contribution in [0.4, 0.5) is 4.39 Å². The molecule has 0 spiro atoms. The molecule has 2 unspecified atom stereocenters. The average molecular weight is 274 g/mol. The number of ether oxygens (including phenoxy) is 1. The average Bonchev–Trinajstić information content (AvgIpc) is 2.47. The minimum atomic E-state index is -0.260. The fourth-order valence-electron chi connectivity index (χ4n) is 2.67. The number of halogens is 1. The van der Waals surface area contributed by atoms with Crippen LogP contribution in [0.5, 0.6) is 0 Å². The number of fused-ring (bicyclic) bond motifs is 1. The summed E-state index contributed by atoms with van der Waals surface area (Å²) < 4.78 is 19.2. The highest BCUT2D eigenvalue weighted by Crippen LogP contribution is 2.17. The largest absolute Gasteiger partial charge is 0.381 e. The summed E-state index contributed by atoms with van der Waals surface area (Å²) in [5.41, 5.74) is 1.33. The van der Waals surface area contributed by atoms with Crippen LogP contribution >= 0.6 is 0 Å². The van der Waals surface area contributed by atoms with Gasteiger partial charge in [0.1, 0.15) is 11.3 Å². The molecule has 1 aliphatic rings. The van der Waals surface area contributed by atoms with Crippen molar-refractivity contribution in [3.8, 4) is 0 Å². The molecular weight excluding hydrogens is 255 g/mol. The van der Waals surface area contributed by atoms with E-state index >= 15 is 0 Å². The highest BCUT2D eigenvalue weighted by atomic mass is 19.1. The van der Waals surface area contributed by atoms with Crippen molar-refractivity contribution in [1.29, 1.82) is 0 Å². The molecule has 2 aromatic rings. The van der Waals surface area contributed by atoms with Crippen molar-refractivity contribution in [2.24, 2.45) is 5.92 Å². The number of hydrogen-bond donors (Lipinski definition) is 1. The molecule has 1 N–H and O–H groups in total. The first-order valence-electron chi connectivity index (χ1n) is 7.09. The standard InChI is InChI=1S/C16H19FN2O/c1-11-10-20-8-7-15(11)18-9-13-6-5-12-3-2-4-14(17)16(12)19-13/h2-6,11,15,18H,7-10H2,1H3. The van der Waals surface area contributed by atoms with Crippen LogP contribution in [0.25, 0.3) is 10.9 Å². The summed E-state index contributed by atoms with van der Waals surface area (Å²) in [7, 11) is 0. The van der Waals surface area contributed by atoms with Gasteiger partial charge in [-0.3, -0.25) is 0 Å². The van der Waals surface area contributed by atoms with E-state index in [1.54, 1.807) is 6.07 Å². The predicted molar refractivity (Wildman–Crippen MR) is 76.9 cm³/mol. The van der Waals surface area contributed by atoms with Gasteiger partial charge < -0.3 is 10.1 Å². The third kappa shape index (κ3) is 2.81. The van der Waals surface area contributed by atoms with Crippen LogP contribution in [0.3, 0.4) is 0 Å². The zero-order valence-electron chi connectivity index (χ0n) is 11.6. The highest BCUT2D eigenvalue weighted by molar-refractivity contribution is 5.79. The van der Waals surface area contributed by atoms with Crippen molar-refractivity contribution in [3.63, 3.8) is 0 Å². The summed E-state index contributed by atoms with van der Waals surface area (Å²) in [6, 6.07) is 9.37. The normalized spacial score (nSPS) is 23.1. The molecule has 0 saturated carbocycles.